The number of carbonyl (C=O) groups is 1. The van der Waals surface area contributed by atoms with Crippen LogP contribution in [0.4, 0.5) is 0 Å². The molecule has 112 valence electrons. The number of unbranched alkanes of at least 4 members (excludes halogenated alkanes) is 1. The maximum atomic E-state index is 11.9. The Labute approximate surface area is 115 Å². The molecule has 0 aromatic rings. The Morgan fingerprint density at radius 1 is 1.37 bits per heavy atom. The van der Waals surface area contributed by atoms with Crippen molar-refractivity contribution in [3.8, 4) is 0 Å². The Hall–Kier alpha value is -0.640. The molecule has 0 rings (SSSR count). The van der Waals surface area contributed by atoms with Crippen molar-refractivity contribution >= 4 is 13.3 Å². The molecule has 0 fully saturated rings. The minimum absolute atomic E-state index is 0.0604. The van der Waals surface area contributed by atoms with Crippen LogP contribution in [0, 0.1) is 5.92 Å². The Morgan fingerprint density at radius 3 is 2.37 bits per heavy atom. The van der Waals surface area contributed by atoms with E-state index in [2.05, 4.69) is 0 Å². The quantitative estimate of drug-likeness (QED) is 0.387. The molecule has 0 aliphatic carbocycles. The molecule has 0 saturated heterocycles. The lowest BCUT2D eigenvalue weighted by Gasteiger charge is -2.14. The van der Waals surface area contributed by atoms with Crippen LogP contribution in [0.2, 0.25) is 0 Å². The average Bonchev–Trinajstić information content (AvgIpc) is 2.19. The van der Waals surface area contributed by atoms with Gasteiger partial charge >= 0.3 is 5.97 Å². The summed E-state index contributed by atoms with van der Waals surface area (Å²) in [6.07, 6.45) is 2.96. The summed E-state index contributed by atoms with van der Waals surface area (Å²) in [5.41, 5.74) is 0.0604. The van der Waals surface area contributed by atoms with Gasteiger partial charge in [0.2, 0.25) is 7.37 Å². The highest BCUT2D eigenvalue weighted by Crippen LogP contribution is 2.44. The molecule has 0 spiro atoms. The Morgan fingerprint density at radius 2 is 1.95 bits per heavy atom. The van der Waals surface area contributed by atoms with E-state index >= 15 is 0 Å². The third-order valence-corrected chi connectivity index (χ3v) is 4.68. The van der Waals surface area contributed by atoms with Gasteiger partial charge in [-0.1, -0.05) is 19.9 Å². The third kappa shape index (κ3) is 9.88. The number of hydrogen-bond acceptors (Lipinski definition) is 3. The number of aliphatic carboxylic acids is 1. The number of allylic oxidation sites excluding steroid dienone is 1. The predicted octanol–water partition coefficient (Wildman–Crippen LogP) is 2.27. The van der Waals surface area contributed by atoms with Gasteiger partial charge < -0.3 is 14.9 Å². The average molecular weight is 291 g/mol. The van der Waals surface area contributed by atoms with Crippen molar-refractivity contribution in [1.82, 2.24) is 4.90 Å². The van der Waals surface area contributed by atoms with Crippen molar-refractivity contribution in [3.05, 3.63) is 11.6 Å². The number of hydrogen-bond donors (Lipinski definition) is 2. The van der Waals surface area contributed by atoms with Crippen molar-refractivity contribution in [2.75, 3.05) is 33.0 Å². The summed E-state index contributed by atoms with van der Waals surface area (Å²) < 4.78 is 11.9. The molecule has 0 radical (unpaired) electrons. The maximum absolute atomic E-state index is 11.9. The van der Waals surface area contributed by atoms with Crippen LogP contribution < -0.4 is 0 Å². The summed E-state index contributed by atoms with van der Waals surface area (Å²) in [6, 6.07) is 0. The Bertz CT molecular complexity index is 364. The fourth-order valence-corrected chi connectivity index (χ4v) is 3.87. The molecule has 0 aromatic heterocycles. The van der Waals surface area contributed by atoms with E-state index in [0.29, 0.717) is 6.42 Å². The van der Waals surface area contributed by atoms with Gasteiger partial charge in [0, 0.05) is 11.7 Å². The minimum atomic E-state index is -3.39. The van der Waals surface area contributed by atoms with Crippen LogP contribution in [0.3, 0.4) is 0 Å². The SMILES string of the molecule is CC(C)CP(=O)(O)CC(=CCCCN(C)C)C(=O)O. The molecule has 2 N–H and O–H groups in total. The van der Waals surface area contributed by atoms with E-state index in [9.17, 15) is 14.3 Å². The van der Waals surface area contributed by atoms with Crippen LogP contribution in [0.1, 0.15) is 26.7 Å². The van der Waals surface area contributed by atoms with E-state index in [1.165, 1.54) is 0 Å². The molecule has 0 saturated carbocycles. The first-order valence-corrected chi connectivity index (χ1v) is 8.55. The van der Waals surface area contributed by atoms with Gasteiger partial charge in [-0.3, -0.25) is 4.57 Å². The largest absolute Gasteiger partial charge is 0.478 e. The standard InChI is InChI=1S/C13H26NO4P/c1-11(2)9-19(17,18)10-12(13(15)16)7-5-6-8-14(3)4/h7,11H,5-6,8-10H2,1-4H3,(H,15,16)(H,17,18). The van der Waals surface area contributed by atoms with E-state index in [1.54, 1.807) is 6.08 Å². The molecule has 0 heterocycles. The van der Waals surface area contributed by atoms with E-state index < -0.39 is 13.3 Å². The van der Waals surface area contributed by atoms with Gasteiger partial charge in [0.05, 0.1) is 6.16 Å². The summed E-state index contributed by atoms with van der Waals surface area (Å²) in [4.78, 5) is 22.9. The van der Waals surface area contributed by atoms with Gasteiger partial charge in [-0.2, -0.15) is 0 Å². The van der Waals surface area contributed by atoms with Crippen LogP contribution in [0.5, 0.6) is 0 Å². The van der Waals surface area contributed by atoms with Gasteiger partial charge in [-0.15, -0.1) is 0 Å². The van der Waals surface area contributed by atoms with Crippen LogP contribution in [-0.4, -0.2) is 53.8 Å². The normalized spacial score (nSPS) is 15.8. The Balaban J connectivity index is 4.53. The Kier molecular flexibility index (Phi) is 8.23. The van der Waals surface area contributed by atoms with Crippen LogP contribution in [0.15, 0.2) is 11.6 Å². The first-order valence-electron chi connectivity index (χ1n) is 6.52. The molecule has 0 amide bonds. The minimum Gasteiger partial charge on any atom is -0.478 e. The molecule has 19 heavy (non-hydrogen) atoms. The van der Waals surface area contributed by atoms with Crippen molar-refractivity contribution in [1.29, 1.82) is 0 Å². The number of rotatable bonds is 9. The first kappa shape index (κ1) is 18.4. The summed E-state index contributed by atoms with van der Waals surface area (Å²) in [5, 5.41) is 9.07. The number of carboxylic acids is 1. The van der Waals surface area contributed by atoms with Crippen molar-refractivity contribution in [3.63, 3.8) is 0 Å². The van der Waals surface area contributed by atoms with Crippen molar-refractivity contribution in [2.45, 2.75) is 26.7 Å². The number of nitrogens with zero attached hydrogens (tertiary/aromatic N) is 1. The highest BCUT2D eigenvalue weighted by molar-refractivity contribution is 7.58. The summed E-state index contributed by atoms with van der Waals surface area (Å²) in [6.45, 7) is 4.57. The second-order valence-electron chi connectivity index (χ2n) is 5.56. The predicted molar refractivity (Wildman–Crippen MR) is 77.9 cm³/mol. The van der Waals surface area contributed by atoms with Crippen LogP contribution >= 0.6 is 7.37 Å². The smallest absolute Gasteiger partial charge is 0.331 e. The number of carboxylic acid groups (broad SMARTS) is 1. The fourth-order valence-electron chi connectivity index (χ4n) is 1.80. The van der Waals surface area contributed by atoms with Crippen LogP contribution in [0.25, 0.3) is 0 Å². The second-order valence-corrected chi connectivity index (χ2v) is 7.93. The fraction of sp³-hybridized carbons (Fsp3) is 0.769. The lowest BCUT2D eigenvalue weighted by Crippen LogP contribution is -2.13. The molecule has 0 aliphatic rings. The third-order valence-electron chi connectivity index (χ3n) is 2.54. The van der Waals surface area contributed by atoms with E-state index in [4.69, 9.17) is 5.11 Å². The lowest BCUT2D eigenvalue weighted by atomic mass is 10.2. The molecular formula is C13H26NO4P. The first-order chi connectivity index (χ1) is 8.64. The summed E-state index contributed by atoms with van der Waals surface area (Å²) in [5.74, 6) is -1.01. The molecule has 6 heteroatoms. The topological polar surface area (TPSA) is 77.8 Å². The zero-order valence-electron chi connectivity index (χ0n) is 12.3. The zero-order valence-corrected chi connectivity index (χ0v) is 13.2. The molecule has 5 nitrogen and oxygen atoms in total. The highest BCUT2D eigenvalue weighted by atomic mass is 31.2. The van der Waals surface area contributed by atoms with E-state index in [0.717, 1.165) is 13.0 Å². The second kappa shape index (κ2) is 8.51. The highest BCUT2D eigenvalue weighted by Gasteiger charge is 2.24. The van der Waals surface area contributed by atoms with Gasteiger partial charge in [0.25, 0.3) is 0 Å². The molecule has 0 bridgehead atoms. The molecule has 1 unspecified atom stereocenters. The lowest BCUT2D eigenvalue weighted by molar-refractivity contribution is -0.132. The molecule has 0 aromatic carbocycles. The van der Waals surface area contributed by atoms with E-state index in [1.807, 2.05) is 32.8 Å². The van der Waals surface area contributed by atoms with Crippen LogP contribution in [-0.2, 0) is 9.36 Å². The van der Waals surface area contributed by atoms with E-state index in [-0.39, 0.29) is 23.8 Å². The van der Waals surface area contributed by atoms with Crippen molar-refractivity contribution in [2.24, 2.45) is 5.92 Å². The monoisotopic (exact) mass is 291 g/mol. The van der Waals surface area contributed by atoms with Gasteiger partial charge in [0.1, 0.15) is 0 Å². The maximum Gasteiger partial charge on any atom is 0.331 e. The molecule has 1 atom stereocenters. The van der Waals surface area contributed by atoms with Crippen molar-refractivity contribution < 1.29 is 19.4 Å². The van der Waals surface area contributed by atoms with Gasteiger partial charge in [0.15, 0.2) is 0 Å². The van der Waals surface area contributed by atoms with Gasteiger partial charge in [-0.25, -0.2) is 4.79 Å². The molecular weight excluding hydrogens is 265 g/mol. The molecule has 0 aliphatic heterocycles. The summed E-state index contributed by atoms with van der Waals surface area (Å²) >= 11 is 0. The zero-order chi connectivity index (χ0) is 15.1. The summed E-state index contributed by atoms with van der Waals surface area (Å²) in [7, 11) is 0.516. The van der Waals surface area contributed by atoms with Gasteiger partial charge in [-0.05, 0) is 39.4 Å².